The normalized spacial score (nSPS) is 10.7. The molecule has 0 bridgehead atoms. The molecule has 0 heterocycles. The maximum atomic E-state index is 11.8. The van der Waals surface area contributed by atoms with Crippen LogP contribution in [0, 0.1) is 10.1 Å². The van der Waals surface area contributed by atoms with Crippen LogP contribution in [0.4, 0.5) is 16.2 Å². The molecule has 7 nitrogen and oxygen atoms in total. The average Bonchev–Trinajstić information content (AvgIpc) is 2.62. The van der Waals surface area contributed by atoms with Crippen LogP contribution in [-0.2, 0) is 0 Å². The van der Waals surface area contributed by atoms with Crippen molar-refractivity contribution < 1.29 is 9.72 Å². The highest BCUT2D eigenvalue weighted by Gasteiger charge is 2.05. The lowest BCUT2D eigenvalue weighted by atomic mass is 10.1. The van der Waals surface area contributed by atoms with Gasteiger partial charge in [-0.1, -0.05) is 36.4 Å². The Labute approximate surface area is 143 Å². The van der Waals surface area contributed by atoms with E-state index in [-0.39, 0.29) is 5.69 Å². The van der Waals surface area contributed by atoms with Gasteiger partial charge in [-0.15, -0.1) is 0 Å². The minimum absolute atomic E-state index is 0.0414. The van der Waals surface area contributed by atoms with Crippen molar-refractivity contribution in [2.75, 3.05) is 5.32 Å². The lowest BCUT2D eigenvalue weighted by Crippen LogP contribution is -2.24. The van der Waals surface area contributed by atoms with E-state index in [2.05, 4.69) is 15.8 Å². The molecular formula is C18H14N4O3. The number of non-ortho nitro benzene ring substituents is 1. The number of hydrogen-bond acceptors (Lipinski definition) is 4. The SMILES string of the molecule is O=C(N/N=C\c1ccc2ccccc2c1)Nc1ccc([N+](=O)[O-])cc1. The molecule has 0 unspecified atom stereocenters. The quantitative estimate of drug-likeness (QED) is 0.430. The number of hydrogen-bond donors (Lipinski definition) is 2. The zero-order chi connectivity index (χ0) is 17.6. The standard InChI is InChI=1S/C18H14N4O3/c23-18(20-16-7-9-17(10-8-16)22(24)25)21-19-12-13-5-6-14-3-1-2-4-15(14)11-13/h1-12H,(H2,20,21,23)/b19-12-. The number of carbonyl (C=O) groups excluding carboxylic acids is 1. The number of fused-ring (bicyclic) bond motifs is 1. The molecule has 0 saturated heterocycles. The van der Waals surface area contributed by atoms with E-state index in [0.717, 1.165) is 16.3 Å². The molecule has 3 aromatic carbocycles. The minimum atomic E-state index is -0.536. The van der Waals surface area contributed by atoms with E-state index >= 15 is 0 Å². The molecule has 0 aliphatic carbocycles. The van der Waals surface area contributed by atoms with E-state index in [9.17, 15) is 14.9 Å². The van der Waals surface area contributed by atoms with Gasteiger partial charge in [0.2, 0.25) is 0 Å². The second-order valence-electron chi connectivity index (χ2n) is 5.23. The van der Waals surface area contributed by atoms with Gasteiger partial charge in [0, 0.05) is 17.8 Å². The Morgan fingerprint density at radius 1 is 1.00 bits per heavy atom. The maximum absolute atomic E-state index is 11.8. The van der Waals surface area contributed by atoms with Gasteiger partial charge in [-0.25, -0.2) is 10.2 Å². The number of nitrogens with zero attached hydrogens (tertiary/aromatic N) is 2. The summed E-state index contributed by atoms with van der Waals surface area (Å²) in [5.41, 5.74) is 3.60. The summed E-state index contributed by atoms with van der Waals surface area (Å²) in [6.45, 7) is 0. The van der Waals surface area contributed by atoms with Gasteiger partial charge in [0.1, 0.15) is 0 Å². The molecule has 2 amide bonds. The molecule has 7 heteroatoms. The van der Waals surface area contributed by atoms with E-state index in [0.29, 0.717) is 5.69 Å². The van der Waals surface area contributed by atoms with Gasteiger partial charge in [0.15, 0.2) is 0 Å². The van der Waals surface area contributed by atoms with Crippen molar-refractivity contribution in [2.24, 2.45) is 5.10 Å². The first kappa shape index (κ1) is 16.1. The Hall–Kier alpha value is -3.74. The summed E-state index contributed by atoms with van der Waals surface area (Å²) in [5, 5.41) is 19.2. The van der Waals surface area contributed by atoms with Crippen LogP contribution in [-0.4, -0.2) is 17.2 Å². The van der Waals surface area contributed by atoms with E-state index in [1.807, 2.05) is 42.5 Å². The summed E-state index contributed by atoms with van der Waals surface area (Å²) in [6.07, 6.45) is 1.54. The predicted octanol–water partition coefficient (Wildman–Crippen LogP) is 3.90. The third-order valence-electron chi connectivity index (χ3n) is 3.49. The third kappa shape index (κ3) is 4.17. The molecule has 3 rings (SSSR count). The highest BCUT2D eigenvalue weighted by atomic mass is 16.6. The van der Waals surface area contributed by atoms with E-state index < -0.39 is 11.0 Å². The number of urea groups is 1. The average molecular weight is 334 g/mol. The number of anilines is 1. The number of nitro groups is 1. The molecule has 0 spiro atoms. The van der Waals surface area contributed by atoms with Crippen LogP contribution in [0.2, 0.25) is 0 Å². The number of nitro benzene ring substituents is 1. The summed E-state index contributed by atoms with van der Waals surface area (Å²) in [7, 11) is 0. The molecule has 0 fully saturated rings. The lowest BCUT2D eigenvalue weighted by molar-refractivity contribution is -0.384. The third-order valence-corrected chi connectivity index (χ3v) is 3.49. The zero-order valence-corrected chi connectivity index (χ0v) is 13.0. The molecule has 0 atom stereocenters. The molecule has 2 N–H and O–H groups in total. The summed E-state index contributed by atoms with van der Waals surface area (Å²) < 4.78 is 0. The van der Waals surface area contributed by atoms with E-state index in [1.165, 1.54) is 24.3 Å². The molecule has 0 aliphatic rings. The van der Waals surface area contributed by atoms with Crippen LogP contribution in [0.3, 0.4) is 0 Å². The topological polar surface area (TPSA) is 96.6 Å². The Morgan fingerprint density at radius 2 is 1.72 bits per heavy atom. The fraction of sp³-hybridized carbons (Fsp3) is 0. The minimum Gasteiger partial charge on any atom is -0.307 e. The number of amides is 2. The van der Waals surface area contributed by atoms with E-state index in [4.69, 9.17) is 0 Å². The van der Waals surface area contributed by atoms with Gasteiger partial charge in [-0.2, -0.15) is 5.10 Å². The van der Waals surface area contributed by atoms with Crippen LogP contribution in [0.1, 0.15) is 5.56 Å². The van der Waals surface area contributed by atoms with Crippen LogP contribution in [0.25, 0.3) is 10.8 Å². The van der Waals surface area contributed by atoms with E-state index in [1.54, 1.807) is 6.21 Å². The fourth-order valence-electron chi connectivity index (χ4n) is 2.28. The number of benzene rings is 3. The van der Waals surface area contributed by atoms with Gasteiger partial charge in [-0.05, 0) is 34.5 Å². The summed E-state index contributed by atoms with van der Waals surface area (Å²) in [5.74, 6) is 0. The van der Waals surface area contributed by atoms with Gasteiger partial charge >= 0.3 is 6.03 Å². The Balaban J connectivity index is 1.59. The Morgan fingerprint density at radius 3 is 2.44 bits per heavy atom. The summed E-state index contributed by atoms with van der Waals surface area (Å²) in [6, 6.07) is 18.8. The molecule has 0 aromatic heterocycles. The van der Waals surface area contributed by atoms with Crippen LogP contribution < -0.4 is 10.7 Å². The van der Waals surface area contributed by atoms with Gasteiger partial charge in [0.25, 0.3) is 5.69 Å². The highest BCUT2D eigenvalue weighted by Crippen LogP contribution is 2.15. The second-order valence-corrected chi connectivity index (χ2v) is 5.23. The first-order valence-corrected chi connectivity index (χ1v) is 7.45. The molecule has 0 saturated carbocycles. The molecule has 3 aromatic rings. The Bertz CT molecular complexity index is 952. The van der Waals surface area contributed by atoms with Crippen LogP contribution in [0.5, 0.6) is 0 Å². The predicted molar refractivity (Wildman–Crippen MR) is 96.8 cm³/mol. The van der Waals surface area contributed by atoms with Crippen molar-refractivity contribution >= 4 is 34.4 Å². The molecule has 25 heavy (non-hydrogen) atoms. The number of rotatable bonds is 4. The summed E-state index contributed by atoms with van der Waals surface area (Å²) >= 11 is 0. The van der Waals surface area contributed by atoms with Crippen molar-refractivity contribution in [3.05, 3.63) is 82.4 Å². The van der Waals surface area contributed by atoms with Crippen molar-refractivity contribution in [1.29, 1.82) is 0 Å². The van der Waals surface area contributed by atoms with Gasteiger partial charge < -0.3 is 5.32 Å². The van der Waals surface area contributed by atoms with Crippen molar-refractivity contribution in [1.82, 2.24) is 5.43 Å². The first-order chi connectivity index (χ1) is 12.1. The molecule has 0 radical (unpaired) electrons. The second kappa shape index (κ2) is 7.22. The van der Waals surface area contributed by atoms with Crippen molar-refractivity contribution in [2.45, 2.75) is 0 Å². The molecular weight excluding hydrogens is 320 g/mol. The summed E-state index contributed by atoms with van der Waals surface area (Å²) in [4.78, 5) is 21.8. The zero-order valence-electron chi connectivity index (χ0n) is 13.0. The molecule has 124 valence electrons. The van der Waals surface area contributed by atoms with Gasteiger partial charge in [-0.3, -0.25) is 10.1 Å². The number of hydrazone groups is 1. The van der Waals surface area contributed by atoms with Gasteiger partial charge in [0.05, 0.1) is 11.1 Å². The fourth-order valence-corrected chi connectivity index (χ4v) is 2.28. The largest absolute Gasteiger partial charge is 0.339 e. The number of nitrogens with one attached hydrogen (secondary N) is 2. The van der Waals surface area contributed by atoms with Crippen molar-refractivity contribution in [3.63, 3.8) is 0 Å². The number of carbonyl (C=O) groups is 1. The Kier molecular flexibility index (Phi) is 4.66. The maximum Gasteiger partial charge on any atom is 0.339 e. The first-order valence-electron chi connectivity index (χ1n) is 7.45. The molecule has 0 aliphatic heterocycles. The van der Waals surface area contributed by atoms with Crippen LogP contribution in [0.15, 0.2) is 71.8 Å². The smallest absolute Gasteiger partial charge is 0.307 e. The van der Waals surface area contributed by atoms with Crippen LogP contribution >= 0.6 is 0 Å². The monoisotopic (exact) mass is 334 g/mol. The lowest BCUT2D eigenvalue weighted by Gasteiger charge is -2.03. The highest BCUT2D eigenvalue weighted by molar-refractivity contribution is 5.92. The van der Waals surface area contributed by atoms with Crippen molar-refractivity contribution in [3.8, 4) is 0 Å².